The summed E-state index contributed by atoms with van der Waals surface area (Å²) < 4.78 is 2.17. The van der Waals surface area contributed by atoms with Crippen molar-refractivity contribution in [2.75, 3.05) is 6.54 Å². The van der Waals surface area contributed by atoms with Crippen LogP contribution >= 0.6 is 0 Å². The number of nitrogens with zero attached hydrogens (tertiary/aromatic N) is 5. The van der Waals surface area contributed by atoms with Gasteiger partial charge in [-0.25, -0.2) is 0 Å². The largest absolute Gasteiger partial charge is 0.381 e. The molecule has 38 heavy (non-hydrogen) atoms. The van der Waals surface area contributed by atoms with Crippen molar-refractivity contribution in [1.82, 2.24) is 30.0 Å². The van der Waals surface area contributed by atoms with Crippen molar-refractivity contribution in [3.63, 3.8) is 0 Å². The van der Waals surface area contributed by atoms with Crippen molar-refractivity contribution < 1.29 is 14.7 Å². The maximum absolute atomic E-state index is 12.7. The van der Waals surface area contributed by atoms with Gasteiger partial charge < -0.3 is 19.9 Å². The summed E-state index contributed by atoms with van der Waals surface area (Å²) in [6, 6.07) is 2.09. The fourth-order valence-corrected chi connectivity index (χ4v) is 4.45. The molecule has 1 unspecified atom stereocenters. The molecule has 0 saturated carbocycles. The van der Waals surface area contributed by atoms with Gasteiger partial charge in [0.05, 0.1) is 0 Å². The molecule has 4 heterocycles. The molecule has 0 aromatic carbocycles. The molecule has 2 N–H and O–H groups in total. The van der Waals surface area contributed by atoms with E-state index in [-0.39, 0.29) is 17.5 Å². The number of aromatic nitrogens is 4. The van der Waals surface area contributed by atoms with Crippen LogP contribution in [-0.4, -0.2) is 53.7 Å². The first-order valence-corrected chi connectivity index (χ1v) is 13.2. The molecule has 9 heteroatoms. The van der Waals surface area contributed by atoms with Gasteiger partial charge in [0.15, 0.2) is 5.82 Å². The summed E-state index contributed by atoms with van der Waals surface area (Å²) in [4.78, 5) is 31.1. The molecule has 0 saturated heterocycles. The monoisotopic (exact) mass is 520 g/mol. The number of allylic oxidation sites excluding steroid dienone is 4. The number of carbonyl (C=O) groups is 2. The van der Waals surface area contributed by atoms with Crippen LogP contribution in [0.15, 0.2) is 42.8 Å². The molecule has 0 spiro atoms. The summed E-state index contributed by atoms with van der Waals surface area (Å²) in [7, 11) is 0. The predicted molar refractivity (Wildman–Crippen MR) is 148 cm³/mol. The van der Waals surface area contributed by atoms with E-state index < -0.39 is 5.60 Å². The normalized spacial score (nSPS) is 17.0. The molecule has 4 rings (SSSR count). The van der Waals surface area contributed by atoms with E-state index in [1.165, 1.54) is 20.3 Å². The highest BCUT2D eigenvalue weighted by molar-refractivity contribution is 5.94. The highest BCUT2D eigenvalue weighted by atomic mass is 16.3. The summed E-state index contributed by atoms with van der Waals surface area (Å²) in [5, 5.41) is 21.4. The minimum absolute atomic E-state index is 0.246. The van der Waals surface area contributed by atoms with Gasteiger partial charge >= 0.3 is 0 Å². The number of amides is 2. The van der Waals surface area contributed by atoms with Crippen molar-refractivity contribution in [2.45, 2.75) is 85.4 Å². The van der Waals surface area contributed by atoms with Gasteiger partial charge in [0.1, 0.15) is 17.1 Å². The molecule has 2 aromatic heterocycles. The Balaban J connectivity index is 0.00000127. The van der Waals surface area contributed by atoms with E-state index in [9.17, 15) is 14.7 Å². The van der Waals surface area contributed by atoms with Gasteiger partial charge in [0.2, 0.25) is 0 Å². The molecular weight excluding hydrogens is 480 g/mol. The number of aliphatic hydroxyl groups is 1. The van der Waals surface area contributed by atoms with Crippen molar-refractivity contribution in [2.24, 2.45) is 0 Å². The van der Waals surface area contributed by atoms with Gasteiger partial charge in [-0.3, -0.25) is 14.6 Å². The molecular formula is C29H40N6O3. The fourth-order valence-electron chi connectivity index (χ4n) is 4.45. The first-order chi connectivity index (χ1) is 18.0. The molecule has 2 aliphatic rings. The van der Waals surface area contributed by atoms with Crippen molar-refractivity contribution in [3.05, 3.63) is 71.2 Å². The van der Waals surface area contributed by atoms with Crippen LogP contribution in [0.25, 0.3) is 5.57 Å². The van der Waals surface area contributed by atoms with Crippen molar-refractivity contribution in [3.8, 4) is 0 Å². The highest BCUT2D eigenvalue weighted by Gasteiger charge is 2.31. The Kier molecular flexibility index (Phi) is 9.38. The number of nitrogens with one attached hydrogen (secondary N) is 1. The first kappa shape index (κ1) is 29.0. The SMILES string of the molecule is C=C(/C=C\C=C(/C)c1nnc2n1C(C)CC2)NC(=O)c1cc2c(cn1)CCN(C(=O)C(C)(C)O)C2.CCC. The fraction of sp³-hybridized carbons (Fsp3) is 0.483. The molecule has 2 amide bonds. The first-order valence-electron chi connectivity index (χ1n) is 13.2. The predicted octanol–water partition coefficient (Wildman–Crippen LogP) is 4.16. The molecule has 1 atom stereocenters. The topological polar surface area (TPSA) is 113 Å². The van der Waals surface area contributed by atoms with Gasteiger partial charge in [-0.2, -0.15) is 0 Å². The molecule has 0 radical (unpaired) electrons. The number of fused-ring (bicyclic) bond motifs is 2. The summed E-state index contributed by atoms with van der Waals surface area (Å²) in [6.45, 7) is 16.1. The molecule has 0 bridgehead atoms. The zero-order valence-electron chi connectivity index (χ0n) is 23.4. The van der Waals surface area contributed by atoms with E-state index in [4.69, 9.17) is 0 Å². The highest BCUT2D eigenvalue weighted by Crippen LogP contribution is 2.28. The quantitative estimate of drug-likeness (QED) is 0.553. The third-order valence-electron chi connectivity index (χ3n) is 6.40. The van der Waals surface area contributed by atoms with Crippen LogP contribution in [-0.2, 0) is 24.2 Å². The Labute approximate surface area is 225 Å². The van der Waals surface area contributed by atoms with E-state index in [0.29, 0.717) is 31.2 Å². The smallest absolute Gasteiger partial charge is 0.274 e. The lowest BCUT2D eigenvalue weighted by Crippen LogP contribution is -2.47. The maximum atomic E-state index is 12.7. The van der Waals surface area contributed by atoms with E-state index in [1.807, 2.05) is 19.1 Å². The lowest BCUT2D eigenvalue weighted by Gasteiger charge is -2.32. The van der Waals surface area contributed by atoms with Gasteiger partial charge in [-0.15, -0.1) is 10.2 Å². The molecule has 204 valence electrons. The number of carbonyl (C=O) groups excluding carboxylic acids is 2. The van der Waals surface area contributed by atoms with E-state index in [0.717, 1.165) is 41.2 Å². The van der Waals surface area contributed by atoms with Crippen LogP contribution in [0.1, 0.15) is 93.7 Å². The number of hydrogen-bond acceptors (Lipinski definition) is 6. The molecule has 0 fully saturated rings. The maximum Gasteiger partial charge on any atom is 0.274 e. The van der Waals surface area contributed by atoms with Crippen LogP contribution in [0.3, 0.4) is 0 Å². The second-order valence-electron chi connectivity index (χ2n) is 10.5. The third kappa shape index (κ3) is 6.83. The average molecular weight is 521 g/mol. The summed E-state index contributed by atoms with van der Waals surface area (Å²) in [6.07, 6.45) is 11.0. The second-order valence-corrected chi connectivity index (χ2v) is 10.5. The van der Waals surface area contributed by atoms with Crippen LogP contribution in [0, 0.1) is 0 Å². The van der Waals surface area contributed by atoms with E-state index in [1.54, 1.807) is 23.2 Å². The summed E-state index contributed by atoms with van der Waals surface area (Å²) in [5.41, 5.74) is 2.06. The van der Waals surface area contributed by atoms with Gasteiger partial charge in [0, 0.05) is 37.4 Å². The van der Waals surface area contributed by atoms with Crippen LogP contribution in [0.2, 0.25) is 0 Å². The number of rotatable bonds is 6. The zero-order valence-corrected chi connectivity index (χ0v) is 23.4. The summed E-state index contributed by atoms with van der Waals surface area (Å²) in [5.74, 6) is 1.17. The van der Waals surface area contributed by atoms with Crippen LogP contribution < -0.4 is 5.32 Å². The molecule has 2 aromatic rings. The lowest BCUT2D eigenvalue weighted by molar-refractivity contribution is -0.148. The molecule has 0 aliphatic carbocycles. The van der Waals surface area contributed by atoms with Crippen molar-refractivity contribution in [1.29, 1.82) is 0 Å². The Morgan fingerprint density at radius 3 is 2.63 bits per heavy atom. The van der Waals surface area contributed by atoms with Crippen LogP contribution in [0.5, 0.6) is 0 Å². The number of hydrogen-bond donors (Lipinski definition) is 2. The Bertz CT molecular complexity index is 1250. The van der Waals surface area contributed by atoms with Gasteiger partial charge in [-0.1, -0.05) is 39.0 Å². The third-order valence-corrected chi connectivity index (χ3v) is 6.40. The molecule has 9 nitrogen and oxygen atoms in total. The second kappa shape index (κ2) is 12.3. The van der Waals surface area contributed by atoms with E-state index >= 15 is 0 Å². The summed E-state index contributed by atoms with van der Waals surface area (Å²) >= 11 is 0. The average Bonchev–Trinajstić information content (AvgIpc) is 3.45. The van der Waals surface area contributed by atoms with Crippen LogP contribution in [0.4, 0.5) is 0 Å². The van der Waals surface area contributed by atoms with Gasteiger partial charge in [0.25, 0.3) is 11.8 Å². The Hall–Kier alpha value is -3.59. The minimum Gasteiger partial charge on any atom is -0.381 e. The standard InChI is InChI=1S/C26H32N6O3.C3H8/c1-16(23-30-29-22-10-9-18(3)32(22)23)7-6-8-17(2)28-24(33)21-13-20-15-31(25(34)26(4,5)35)12-11-19(20)14-27-21;1-3-2/h6-8,13-14,18,35H,2,9-12,15H2,1,3-5H3,(H,28,33);3H2,1-2H3/b8-6-,16-7+;. The Morgan fingerprint density at radius 2 is 1.95 bits per heavy atom. The minimum atomic E-state index is -1.44. The Morgan fingerprint density at radius 1 is 1.24 bits per heavy atom. The lowest BCUT2D eigenvalue weighted by atomic mass is 9.99. The molecule has 2 aliphatic heterocycles. The van der Waals surface area contributed by atoms with Crippen molar-refractivity contribution >= 4 is 17.4 Å². The number of aryl methyl sites for hydroxylation is 1. The zero-order chi connectivity index (χ0) is 28.0. The van der Waals surface area contributed by atoms with Gasteiger partial charge in [-0.05, 0) is 69.4 Å². The van der Waals surface area contributed by atoms with E-state index in [2.05, 4.69) is 52.4 Å². The number of pyridine rings is 1.